The predicted octanol–water partition coefficient (Wildman–Crippen LogP) is 3.65. The van der Waals surface area contributed by atoms with Crippen LogP contribution >= 0.6 is 0 Å². The molecular weight excluding hydrogens is 289 g/mol. The lowest BCUT2D eigenvalue weighted by atomic mass is 9.94. The summed E-state index contributed by atoms with van der Waals surface area (Å²) in [5, 5.41) is 9.43. The molecule has 3 heteroatoms. The van der Waals surface area contributed by atoms with Crippen LogP contribution in [0.25, 0.3) is 5.57 Å². The molecule has 0 aromatic heterocycles. The smallest absolute Gasteiger partial charge is 0.131 e. The molecule has 1 heterocycles. The maximum absolute atomic E-state index is 14.1. The number of nitrogens with zero attached hydrogens (tertiary/aromatic N) is 1. The van der Waals surface area contributed by atoms with Crippen molar-refractivity contribution in [2.75, 3.05) is 19.6 Å². The number of halogens is 1. The molecule has 0 saturated heterocycles. The van der Waals surface area contributed by atoms with Gasteiger partial charge >= 0.3 is 0 Å². The van der Waals surface area contributed by atoms with Gasteiger partial charge in [-0.05, 0) is 35.6 Å². The van der Waals surface area contributed by atoms with Crippen LogP contribution in [0.4, 0.5) is 4.39 Å². The van der Waals surface area contributed by atoms with E-state index >= 15 is 0 Å². The molecule has 0 radical (unpaired) electrons. The number of hydrogen-bond donors (Lipinski definition) is 1. The Labute approximate surface area is 136 Å². The normalized spacial score (nSPS) is 15.5. The van der Waals surface area contributed by atoms with Gasteiger partial charge in [-0.25, -0.2) is 4.39 Å². The lowest BCUT2D eigenvalue weighted by molar-refractivity contribution is 0.280. The average Bonchev–Trinajstić information content (AvgIpc) is 2.61. The lowest BCUT2D eigenvalue weighted by Crippen LogP contribution is -2.30. The second-order valence-electron chi connectivity index (χ2n) is 5.95. The van der Waals surface area contributed by atoms with Crippen molar-refractivity contribution in [2.45, 2.75) is 19.4 Å². The summed E-state index contributed by atoms with van der Waals surface area (Å²) in [5.74, 6) is -0.236. The zero-order valence-corrected chi connectivity index (χ0v) is 13.2. The van der Waals surface area contributed by atoms with Gasteiger partial charge in [0.1, 0.15) is 5.82 Å². The number of rotatable bonds is 5. The summed E-state index contributed by atoms with van der Waals surface area (Å²) < 4.78 is 14.1. The Kier molecular flexibility index (Phi) is 5.21. The van der Waals surface area contributed by atoms with Crippen molar-refractivity contribution in [3.8, 4) is 0 Å². The molecule has 0 spiro atoms. The van der Waals surface area contributed by atoms with Gasteiger partial charge in [-0.1, -0.05) is 48.5 Å². The van der Waals surface area contributed by atoms with E-state index in [1.54, 1.807) is 12.1 Å². The Morgan fingerprint density at radius 2 is 1.87 bits per heavy atom. The number of hydrogen-bond acceptors (Lipinski definition) is 2. The van der Waals surface area contributed by atoms with Gasteiger partial charge in [0, 0.05) is 25.2 Å². The number of benzene rings is 2. The van der Waals surface area contributed by atoms with Crippen LogP contribution in [-0.2, 0) is 13.0 Å². The van der Waals surface area contributed by atoms with Crippen LogP contribution in [0.2, 0.25) is 0 Å². The summed E-state index contributed by atoms with van der Waals surface area (Å²) >= 11 is 0. The first kappa shape index (κ1) is 15.9. The first-order valence-corrected chi connectivity index (χ1v) is 8.12. The van der Waals surface area contributed by atoms with E-state index in [4.69, 9.17) is 0 Å². The van der Waals surface area contributed by atoms with Crippen LogP contribution < -0.4 is 0 Å². The van der Waals surface area contributed by atoms with E-state index in [1.165, 1.54) is 11.6 Å². The zero-order chi connectivity index (χ0) is 16.1. The third-order valence-corrected chi connectivity index (χ3v) is 4.44. The predicted molar refractivity (Wildman–Crippen MR) is 91.5 cm³/mol. The molecule has 2 aromatic rings. The summed E-state index contributed by atoms with van der Waals surface area (Å²) in [4.78, 5) is 2.38. The van der Waals surface area contributed by atoms with Gasteiger partial charge in [0.05, 0.1) is 6.61 Å². The van der Waals surface area contributed by atoms with Crippen molar-refractivity contribution < 1.29 is 9.50 Å². The minimum Gasteiger partial charge on any atom is -0.392 e. The van der Waals surface area contributed by atoms with Crippen molar-refractivity contribution >= 4 is 5.57 Å². The van der Waals surface area contributed by atoms with Gasteiger partial charge in [-0.2, -0.15) is 0 Å². The highest BCUT2D eigenvalue weighted by atomic mass is 19.1. The maximum Gasteiger partial charge on any atom is 0.131 e. The molecule has 2 nitrogen and oxygen atoms in total. The largest absolute Gasteiger partial charge is 0.392 e. The fourth-order valence-corrected chi connectivity index (χ4v) is 3.13. The van der Waals surface area contributed by atoms with E-state index in [1.807, 2.05) is 6.07 Å². The first-order chi connectivity index (χ1) is 11.3. The SMILES string of the molecule is OCc1cccc(F)c1C1=CCN(CCc2ccccc2)CC1. The van der Waals surface area contributed by atoms with Gasteiger partial charge in [-0.15, -0.1) is 0 Å². The van der Waals surface area contributed by atoms with Gasteiger partial charge in [0.2, 0.25) is 0 Å². The molecule has 0 fully saturated rings. The molecule has 0 saturated carbocycles. The van der Waals surface area contributed by atoms with Gasteiger partial charge < -0.3 is 5.11 Å². The van der Waals surface area contributed by atoms with Crippen LogP contribution in [0, 0.1) is 5.82 Å². The molecule has 0 aliphatic carbocycles. The molecule has 120 valence electrons. The second kappa shape index (κ2) is 7.53. The van der Waals surface area contributed by atoms with Gasteiger partial charge in [0.25, 0.3) is 0 Å². The molecule has 0 atom stereocenters. The van der Waals surface area contributed by atoms with E-state index in [0.29, 0.717) is 11.1 Å². The zero-order valence-electron chi connectivity index (χ0n) is 13.2. The maximum atomic E-state index is 14.1. The molecule has 0 bridgehead atoms. The molecule has 1 aliphatic rings. The lowest BCUT2D eigenvalue weighted by Gasteiger charge is -2.27. The van der Waals surface area contributed by atoms with E-state index in [-0.39, 0.29) is 12.4 Å². The summed E-state index contributed by atoms with van der Waals surface area (Å²) in [6, 6.07) is 15.4. The second-order valence-corrected chi connectivity index (χ2v) is 5.95. The molecule has 1 N–H and O–H groups in total. The Bertz CT molecular complexity index is 681. The third-order valence-electron chi connectivity index (χ3n) is 4.44. The van der Waals surface area contributed by atoms with E-state index in [0.717, 1.165) is 38.0 Å². The third kappa shape index (κ3) is 3.87. The Morgan fingerprint density at radius 1 is 1.04 bits per heavy atom. The quantitative estimate of drug-likeness (QED) is 0.911. The van der Waals surface area contributed by atoms with Crippen molar-refractivity contribution in [1.29, 1.82) is 0 Å². The summed E-state index contributed by atoms with van der Waals surface area (Å²) in [5.41, 5.74) is 3.63. The molecule has 0 amide bonds. The summed E-state index contributed by atoms with van der Waals surface area (Å²) in [6.45, 7) is 2.65. The van der Waals surface area contributed by atoms with Gasteiger partial charge in [0.15, 0.2) is 0 Å². The van der Waals surface area contributed by atoms with Crippen LogP contribution in [-0.4, -0.2) is 29.6 Å². The number of aliphatic hydroxyl groups excluding tert-OH is 1. The van der Waals surface area contributed by atoms with Gasteiger partial charge in [-0.3, -0.25) is 4.90 Å². The minimum atomic E-state index is -0.236. The highest BCUT2D eigenvalue weighted by Crippen LogP contribution is 2.28. The average molecular weight is 311 g/mol. The van der Waals surface area contributed by atoms with Crippen molar-refractivity contribution in [1.82, 2.24) is 4.90 Å². The van der Waals surface area contributed by atoms with Crippen molar-refractivity contribution in [3.63, 3.8) is 0 Å². The number of aliphatic hydroxyl groups is 1. The molecule has 0 unspecified atom stereocenters. The van der Waals surface area contributed by atoms with Crippen molar-refractivity contribution in [3.05, 3.63) is 77.1 Å². The Morgan fingerprint density at radius 3 is 2.57 bits per heavy atom. The Balaban J connectivity index is 1.65. The highest BCUT2D eigenvalue weighted by molar-refractivity contribution is 5.69. The molecule has 2 aromatic carbocycles. The van der Waals surface area contributed by atoms with E-state index < -0.39 is 0 Å². The minimum absolute atomic E-state index is 0.123. The monoisotopic (exact) mass is 311 g/mol. The first-order valence-electron chi connectivity index (χ1n) is 8.12. The van der Waals surface area contributed by atoms with E-state index in [2.05, 4.69) is 35.2 Å². The summed E-state index contributed by atoms with van der Waals surface area (Å²) in [7, 11) is 0. The van der Waals surface area contributed by atoms with Crippen molar-refractivity contribution in [2.24, 2.45) is 0 Å². The fourth-order valence-electron chi connectivity index (χ4n) is 3.13. The highest BCUT2D eigenvalue weighted by Gasteiger charge is 2.17. The topological polar surface area (TPSA) is 23.5 Å². The Hall–Kier alpha value is -1.97. The molecule has 1 aliphatic heterocycles. The summed E-state index contributed by atoms with van der Waals surface area (Å²) in [6.07, 6.45) is 3.96. The van der Waals surface area contributed by atoms with Crippen LogP contribution in [0.3, 0.4) is 0 Å². The fraction of sp³-hybridized carbons (Fsp3) is 0.300. The van der Waals surface area contributed by atoms with Crippen LogP contribution in [0.15, 0.2) is 54.6 Å². The standard InChI is InChI=1S/C20H22FNO/c21-19-8-4-7-18(15-23)20(19)17-10-13-22(14-11-17)12-9-16-5-2-1-3-6-16/h1-8,10,23H,9,11-15H2. The molecular formula is C20H22FNO. The van der Waals surface area contributed by atoms with Crippen LogP contribution in [0.5, 0.6) is 0 Å². The molecule has 3 rings (SSSR count). The van der Waals surface area contributed by atoms with E-state index in [9.17, 15) is 9.50 Å². The van der Waals surface area contributed by atoms with Crippen LogP contribution in [0.1, 0.15) is 23.1 Å². The molecule has 23 heavy (non-hydrogen) atoms.